The summed E-state index contributed by atoms with van der Waals surface area (Å²) in [5.74, 6) is -0.899. The molecule has 3 aromatic heterocycles. The molecule has 0 fully saturated rings. The quantitative estimate of drug-likeness (QED) is 0.456. The summed E-state index contributed by atoms with van der Waals surface area (Å²) < 4.78 is 0. The number of hydrogen-bond donors (Lipinski definition) is 3. The molecular formula is C16H15N5O3S2. The van der Waals surface area contributed by atoms with E-state index in [0.717, 1.165) is 11.3 Å². The molecule has 0 aliphatic rings. The SMILES string of the molecule is Cc1nc(-c2ccccn2)sc1C(=O)N[C@H](C)c1ncc(C(=O)NO)s1. The number of amides is 2. The van der Waals surface area contributed by atoms with E-state index < -0.39 is 11.9 Å². The van der Waals surface area contributed by atoms with E-state index in [0.29, 0.717) is 26.3 Å². The summed E-state index contributed by atoms with van der Waals surface area (Å²) in [6, 6.07) is 5.13. The molecule has 0 radical (unpaired) electrons. The summed E-state index contributed by atoms with van der Waals surface area (Å²) in [6.07, 6.45) is 3.03. The van der Waals surface area contributed by atoms with Gasteiger partial charge in [-0.05, 0) is 26.0 Å². The number of nitrogens with one attached hydrogen (secondary N) is 2. The summed E-state index contributed by atoms with van der Waals surface area (Å²) in [6.45, 7) is 3.54. The highest BCUT2D eigenvalue weighted by atomic mass is 32.1. The van der Waals surface area contributed by atoms with E-state index in [-0.39, 0.29) is 10.8 Å². The van der Waals surface area contributed by atoms with Crippen molar-refractivity contribution in [1.29, 1.82) is 0 Å². The second-order valence-electron chi connectivity index (χ2n) is 5.35. The Morgan fingerprint density at radius 1 is 1.19 bits per heavy atom. The maximum Gasteiger partial charge on any atom is 0.286 e. The normalized spacial score (nSPS) is 11.8. The van der Waals surface area contributed by atoms with Crippen LogP contribution in [0.1, 0.15) is 43.0 Å². The highest BCUT2D eigenvalue weighted by Gasteiger charge is 2.21. The van der Waals surface area contributed by atoms with Gasteiger partial charge in [-0.15, -0.1) is 22.7 Å². The monoisotopic (exact) mass is 389 g/mol. The zero-order valence-electron chi connectivity index (χ0n) is 13.9. The third kappa shape index (κ3) is 3.77. The molecule has 134 valence electrons. The first-order valence-electron chi connectivity index (χ1n) is 7.59. The Kier molecular flexibility index (Phi) is 5.35. The van der Waals surface area contributed by atoms with Crippen molar-refractivity contribution in [1.82, 2.24) is 25.7 Å². The number of hydroxylamine groups is 1. The van der Waals surface area contributed by atoms with Crippen LogP contribution in [0.3, 0.4) is 0 Å². The number of rotatable bonds is 5. The smallest absolute Gasteiger partial charge is 0.286 e. The van der Waals surface area contributed by atoms with Crippen LogP contribution in [0, 0.1) is 6.92 Å². The molecule has 0 saturated heterocycles. The van der Waals surface area contributed by atoms with Crippen LogP contribution >= 0.6 is 22.7 Å². The Balaban J connectivity index is 1.75. The molecule has 0 aliphatic carbocycles. The first-order valence-corrected chi connectivity index (χ1v) is 9.22. The van der Waals surface area contributed by atoms with Gasteiger partial charge in [0.2, 0.25) is 0 Å². The zero-order chi connectivity index (χ0) is 18.7. The largest absolute Gasteiger partial charge is 0.342 e. The number of pyridine rings is 1. The number of aryl methyl sites for hydroxylation is 1. The van der Waals surface area contributed by atoms with E-state index in [1.54, 1.807) is 25.5 Å². The minimum atomic E-state index is -0.634. The van der Waals surface area contributed by atoms with Crippen molar-refractivity contribution in [2.24, 2.45) is 0 Å². The van der Waals surface area contributed by atoms with Crippen LogP contribution in [0.2, 0.25) is 0 Å². The van der Waals surface area contributed by atoms with Crippen molar-refractivity contribution in [2.45, 2.75) is 19.9 Å². The number of nitrogens with zero attached hydrogens (tertiary/aromatic N) is 3. The average Bonchev–Trinajstić information content (AvgIpc) is 3.29. The molecule has 1 atom stereocenters. The van der Waals surface area contributed by atoms with Gasteiger partial charge in [-0.2, -0.15) is 0 Å². The molecule has 0 aromatic carbocycles. The molecule has 8 nitrogen and oxygen atoms in total. The molecule has 3 heterocycles. The van der Waals surface area contributed by atoms with Gasteiger partial charge in [-0.3, -0.25) is 19.8 Å². The summed E-state index contributed by atoms with van der Waals surface area (Å²) in [7, 11) is 0. The van der Waals surface area contributed by atoms with Gasteiger partial charge in [-0.25, -0.2) is 15.4 Å². The van der Waals surface area contributed by atoms with Crippen LogP contribution in [0.4, 0.5) is 0 Å². The lowest BCUT2D eigenvalue weighted by atomic mass is 10.3. The first-order chi connectivity index (χ1) is 12.5. The molecular weight excluding hydrogens is 374 g/mol. The summed E-state index contributed by atoms with van der Waals surface area (Å²) >= 11 is 2.37. The molecule has 3 N–H and O–H groups in total. The minimum Gasteiger partial charge on any atom is -0.342 e. The lowest BCUT2D eigenvalue weighted by Crippen LogP contribution is -2.26. The van der Waals surface area contributed by atoms with Crippen molar-refractivity contribution in [3.8, 4) is 10.7 Å². The van der Waals surface area contributed by atoms with E-state index in [1.807, 2.05) is 18.2 Å². The molecule has 0 spiro atoms. The topological polar surface area (TPSA) is 117 Å². The van der Waals surface area contributed by atoms with E-state index in [2.05, 4.69) is 20.3 Å². The van der Waals surface area contributed by atoms with Crippen molar-refractivity contribution in [2.75, 3.05) is 0 Å². The van der Waals surface area contributed by atoms with Crippen molar-refractivity contribution in [3.63, 3.8) is 0 Å². The second-order valence-corrected chi connectivity index (χ2v) is 7.41. The number of thiazole rings is 2. The van der Waals surface area contributed by atoms with Crippen molar-refractivity contribution < 1.29 is 14.8 Å². The highest BCUT2D eigenvalue weighted by Crippen LogP contribution is 2.27. The van der Waals surface area contributed by atoms with Gasteiger partial charge in [0, 0.05) is 6.20 Å². The molecule has 0 unspecified atom stereocenters. The lowest BCUT2D eigenvalue weighted by Gasteiger charge is -2.10. The Labute approximate surface area is 156 Å². The molecule has 26 heavy (non-hydrogen) atoms. The Bertz CT molecular complexity index is 939. The standard InChI is InChI=1S/C16H15N5O3S2/c1-8-12(26-16(20-8)10-5-3-4-6-17-10)14(23)19-9(2)15-18-7-11(25-15)13(22)21-24/h3-7,9,24H,1-2H3,(H,19,23)(H,21,22)/t9-/m1/s1. The van der Waals surface area contributed by atoms with Gasteiger partial charge in [0.05, 0.1) is 23.6 Å². The zero-order valence-corrected chi connectivity index (χ0v) is 15.5. The maximum atomic E-state index is 12.6. The molecule has 10 heteroatoms. The molecule has 2 amide bonds. The van der Waals surface area contributed by atoms with Crippen LogP contribution in [-0.4, -0.2) is 32.0 Å². The van der Waals surface area contributed by atoms with Crippen molar-refractivity contribution in [3.05, 3.63) is 51.0 Å². The van der Waals surface area contributed by atoms with Gasteiger partial charge in [0.1, 0.15) is 19.8 Å². The maximum absolute atomic E-state index is 12.6. The number of hydrogen-bond acceptors (Lipinski definition) is 8. The molecule has 3 rings (SSSR count). The number of carbonyl (C=O) groups excluding carboxylic acids is 2. The lowest BCUT2D eigenvalue weighted by molar-refractivity contribution is 0.0710. The predicted molar refractivity (Wildman–Crippen MR) is 97.3 cm³/mol. The Morgan fingerprint density at radius 3 is 2.69 bits per heavy atom. The van der Waals surface area contributed by atoms with Gasteiger partial charge in [0.25, 0.3) is 11.8 Å². The van der Waals surface area contributed by atoms with Crippen LogP contribution < -0.4 is 10.8 Å². The fourth-order valence-corrected chi connectivity index (χ4v) is 3.93. The third-order valence-electron chi connectivity index (χ3n) is 3.45. The molecule has 0 bridgehead atoms. The first kappa shape index (κ1) is 18.1. The minimum absolute atomic E-state index is 0.259. The fraction of sp³-hybridized carbons (Fsp3) is 0.188. The average molecular weight is 389 g/mol. The summed E-state index contributed by atoms with van der Waals surface area (Å²) in [4.78, 5) is 37.5. The van der Waals surface area contributed by atoms with E-state index in [1.165, 1.54) is 17.5 Å². The fourth-order valence-electron chi connectivity index (χ4n) is 2.18. The summed E-state index contributed by atoms with van der Waals surface area (Å²) in [5.41, 5.74) is 2.90. The number of aromatic nitrogens is 3. The van der Waals surface area contributed by atoms with Crippen LogP contribution in [0.5, 0.6) is 0 Å². The number of carbonyl (C=O) groups is 2. The molecule has 3 aromatic rings. The third-order valence-corrected chi connectivity index (χ3v) is 5.81. The predicted octanol–water partition coefficient (Wildman–Crippen LogP) is 2.58. The summed E-state index contributed by atoms with van der Waals surface area (Å²) in [5, 5.41) is 12.7. The van der Waals surface area contributed by atoms with Crippen LogP contribution in [0.15, 0.2) is 30.6 Å². The van der Waals surface area contributed by atoms with Gasteiger partial charge in [-0.1, -0.05) is 6.07 Å². The van der Waals surface area contributed by atoms with Crippen LogP contribution in [-0.2, 0) is 0 Å². The van der Waals surface area contributed by atoms with Gasteiger partial charge < -0.3 is 5.32 Å². The molecule has 0 saturated carbocycles. The Hall–Kier alpha value is -2.69. The van der Waals surface area contributed by atoms with E-state index in [9.17, 15) is 9.59 Å². The van der Waals surface area contributed by atoms with Crippen molar-refractivity contribution >= 4 is 34.5 Å². The van der Waals surface area contributed by atoms with E-state index in [4.69, 9.17) is 5.21 Å². The highest BCUT2D eigenvalue weighted by molar-refractivity contribution is 7.17. The molecule has 0 aliphatic heterocycles. The second kappa shape index (κ2) is 7.68. The van der Waals surface area contributed by atoms with Gasteiger partial charge in [0.15, 0.2) is 0 Å². The van der Waals surface area contributed by atoms with Crippen LogP contribution in [0.25, 0.3) is 10.7 Å². The van der Waals surface area contributed by atoms with Gasteiger partial charge >= 0.3 is 0 Å². The Morgan fingerprint density at radius 2 is 2.00 bits per heavy atom. The van der Waals surface area contributed by atoms with E-state index >= 15 is 0 Å².